The lowest BCUT2D eigenvalue weighted by Crippen LogP contribution is -2.37. The van der Waals surface area contributed by atoms with Crippen LogP contribution in [-0.2, 0) is 0 Å². The van der Waals surface area contributed by atoms with Crippen molar-refractivity contribution in [1.82, 2.24) is 0 Å². The van der Waals surface area contributed by atoms with Gasteiger partial charge in [0.1, 0.15) is 0 Å². The van der Waals surface area contributed by atoms with Crippen LogP contribution >= 0.6 is 11.6 Å². The van der Waals surface area contributed by atoms with Gasteiger partial charge in [0.2, 0.25) is 0 Å². The Morgan fingerprint density at radius 3 is 2.83 bits per heavy atom. The minimum atomic E-state index is 0.476. The Morgan fingerprint density at radius 2 is 2.00 bits per heavy atom. The van der Waals surface area contributed by atoms with Gasteiger partial charge < -0.3 is 0 Å². The maximum Gasteiger partial charge on any atom is 0.0341 e. The zero-order valence-corrected chi connectivity index (χ0v) is 8.74. The van der Waals surface area contributed by atoms with E-state index in [1.54, 1.807) is 0 Å². The smallest absolute Gasteiger partial charge is 0.0341 e. The van der Waals surface area contributed by atoms with E-state index in [9.17, 15) is 0 Å². The molecule has 2 rings (SSSR count). The fourth-order valence-corrected chi connectivity index (χ4v) is 3.70. The van der Waals surface area contributed by atoms with Crippen molar-refractivity contribution < 1.29 is 0 Å². The lowest BCUT2D eigenvalue weighted by Gasteiger charge is -2.46. The van der Waals surface area contributed by atoms with Crippen molar-refractivity contribution in [3.63, 3.8) is 0 Å². The normalized spacial score (nSPS) is 48.5. The molecule has 2 fully saturated rings. The first-order valence-electron chi connectivity index (χ1n) is 5.35. The third-order valence-electron chi connectivity index (χ3n) is 4.05. The van der Waals surface area contributed by atoms with Gasteiger partial charge in [-0.1, -0.05) is 19.8 Å². The number of rotatable bonds is 0. The maximum atomic E-state index is 6.23. The molecule has 12 heavy (non-hydrogen) atoms. The summed E-state index contributed by atoms with van der Waals surface area (Å²) in [4.78, 5) is 0. The van der Waals surface area contributed by atoms with E-state index >= 15 is 0 Å². The summed E-state index contributed by atoms with van der Waals surface area (Å²) in [5.41, 5.74) is 0.614. The number of hydrogen-bond donors (Lipinski definition) is 0. The van der Waals surface area contributed by atoms with Gasteiger partial charge in [0.05, 0.1) is 0 Å². The summed E-state index contributed by atoms with van der Waals surface area (Å²) >= 11 is 6.23. The van der Waals surface area contributed by atoms with Crippen LogP contribution in [-0.4, -0.2) is 5.38 Å². The third kappa shape index (κ3) is 1.51. The molecule has 0 N–H and O–H groups in total. The average molecular weight is 187 g/mol. The Hall–Kier alpha value is 0.290. The summed E-state index contributed by atoms with van der Waals surface area (Å²) in [6, 6.07) is 0. The number of alkyl halides is 1. The molecular weight excluding hydrogens is 168 g/mol. The fourth-order valence-electron chi connectivity index (χ4n) is 3.22. The van der Waals surface area contributed by atoms with Gasteiger partial charge >= 0.3 is 0 Å². The van der Waals surface area contributed by atoms with Crippen molar-refractivity contribution >= 4 is 11.6 Å². The van der Waals surface area contributed by atoms with E-state index in [-0.39, 0.29) is 0 Å². The highest BCUT2D eigenvalue weighted by molar-refractivity contribution is 6.20. The molecule has 0 nitrogen and oxygen atoms in total. The van der Waals surface area contributed by atoms with E-state index in [0.717, 1.165) is 5.92 Å². The molecule has 0 heterocycles. The first-order chi connectivity index (χ1) is 5.71. The van der Waals surface area contributed by atoms with E-state index in [1.165, 1.54) is 44.9 Å². The highest BCUT2D eigenvalue weighted by Gasteiger charge is 2.40. The zero-order valence-electron chi connectivity index (χ0n) is 7.98. The molecule has 3 unspecified atom stereocenters. The summed E-state index contributed by atoms with van der Waals surface area (Å²) in [6.07, 6.45) is 9.75. The Balaban J connectivity index is 2.07. The van der Waals surface area contributed by atoms with Gasteiger partial charge in [-0.25, -0.2) is 0 Å². The Kier molecular flexibility index (Phi) is 2.37. The van der Waals surface area contributed by atoms with Crippen molar-refractivity contribution in [3.05, 3.63) is 0 Å². The van der Waals surface area contributed by atoms with Gasteiger partial charge in [-0.2, -0.15) is 0 Å². The second-order valence-corrected chi connectivity index (χ2v) is 5.59. The first-order valence-corrected chi connectivity index (χ1v) is 5.78. The van der Waals surface area contributed by atoms with Crippen LogP contribution in [0.4, 0.5) is 0 Å². The minimum Gasteiger partial charge on any atom is -0.123 e. The number of fused-ring (bicyclic) bond motifs is 1. The standard InChI is InChI=1S/C11H19Cl/c1-11-7-3-2-4-9(11)5-6-10(12)8-11/h9-10H,2-8H2,1H3. The van der Waals surface area contributed by atoms with Gasteiger partial charge in [0.25, 0.3) is 0 Å². The van der Waals surface area contributed by atoms with Gasteiger partial charge in [0, 0.05) is 5.38 Å². The number of halogens is 1. The Bertz CT molecular complexity index is 166. The monoisotopic (exact) mass is 186 g/mol. The second-order valence-electron chi connectivity index (χ2n) is 4.98. The third-order valence-corrected chi connectivity index (χ3v) is 4.42. The van der Waals surface area contributed by atoms with Crippen LogP contribution in [0.1, 0.15) is 51.9 Å². The molecule has 0 aliphatic heterocycles. The highest BCUT2D eigenvalue weighted by atomic mass is 35.5. The molecule has 0 radical (unpaired) electrons. The predicted molar refractivity (Wildman–Crippen MR) is 53.6 cm³/mol. The van der Waals surface area contributed by atoms with Crippen LogP contribution < -0.4 is 0 Å². The molecule has 0 spiro atoms. The van der Waals surface area contributed by atoms with Crippen LogP contribution in [0.15, 0.2) is 0 Å². The molecule has 0 saturated heterocycles. The summed E-state index contributed by atoms with van der Waals surface area (Å²) in [7, 11) is 0. The van der Waals surface area contributed by atoms with Crippen molar-refractivity contribution in [1.29, 1.82) is 0 Å². The van der Waals surface area contributed by atoms with Crippen LogP contribution in [0.25, 0.3) is 0 Å². The van der Waals surface area contributed by atoms with Gasteiger partial charge in [-0.3, -0.25) is 0 Å². The highest BCUT2D eigenvalue weighted by Crippen LogP contribution is 2.50. The SMILES string of the molecule is CC12CCCCC1CCC(Cl)C2. The van der Waals surface area contributed by atoms with E-state index in [4.69, 9.17) is 11.6 Å². The average Bonchev–Trinajstić information content (AvgIpc) is 2.02. The van der Waals surface area contributed by atoms with Crippen LogP contribution in [0.3, 0.4) is 0 Å². The predicted octanol–water partition coefficient (Wildman–Crippen LogP) is 3.97. The summed E-state index contributed by atoms with van der Waals surface area (Å²) in [6.45, 7) is 2.46. The number of hydrogen-bond acceptors (Lipinski definition) is 0. The zero-order chi connectivity index (χ0) is 8.60. The van der Waals surface area contributed by atoms with Crippen LogP contribution in [0.2, 0.25) is 0 Å². The lowest BCUT2D eigenvalue weighted by atomic mass is 9.60. The molecule has 0 bridgehead atoms. The van der Waals surface area contributed by atoms with E-state index < -0.39 is 0 Å². The quantitative estimate of drug-likeness (QED) is 0.503. The van der Waals surface area contributed by atoms with Gasteiger partial charge in [-0.05, 0) is 43.4 Å². The second kappa shape index (κ2) is 3.21. The maximum absolute atomic E-state index is 6.23. The molecule has 0 amide bonds. The molecule has 2 aliphatic carbocycles. The van der Waals surface area contributed by atoms with E-state index in [2.05, 4.69) is 6.92 Å². The molecule has 0 aromatic carbocycles. The molecule has 2 aliphatic rings. The summed E-state index contributed by atoms with van der Waals surface area (Å²) in [5, 5.41) is 0.476. The molecule has 3 atom stereocenters. The van der Waals surface area contributed by atoms with Crippen molar-refractivity contribution in [2.24, 2.45) is 11.3 Å². The van der Waals surface area contributed by atoms with Crippen molar-refractivity contribution in [2.45, 2.75) is 57.2 Å². The molecule has 1 heteroatoms. The minimum absolute atomic E-state index is 0.476. The fraction of sp³-hybridized carbons (Fsp3) is 1.00. The molecule has 0 aromatic rings. The van der Waals surface area contributed by atoms with E-state index in [1.807, 2.05) is 0 Å². The molecule has 0 aromatic heterocycles. The van der Waals surface area contributed by atoms with Crippen molar-refractivity contribution in [3.8, 4) is 0 Å². The lowest BCUT2D eigenvalue weighted by molar-refractivity contribution is 0.0669. The Morgan fingerprint density at radius 1 is 1.17 bits per heavy atom. The van der Waals surface area contributed by atoms with Crippen LogP contribution in [0, 0.1) is 11.3 Å². The van der Waals surface area contributed by atoms with E-state index in [0.29, 0.717) is 10.8 Å². The molecule has 2 saturated carbocycles. The van der Waals surface area contributed by atoms with Gasteiger partial charge in [0.15, 0.2) is 0 Å². The Labute approximate surface area is 80.7 Å². The van der Waals surface area contributed by atoms with Gasteiger partial charge in [-0.15, -0.1) is 11.6 Å². The summed E-state index contributed by atoms with van der Waals surface area (Å²) in [5.74, 6) is 1.00. The summed E-state index contributed by atoms with van der Waals surface area (Å²) < 4.78 is 0. The van der Waals surface area contributed by atoms with Crippen molar-refractivity contribution in [2.75, 3.05) is 0 Å². The first kappa shape index (κ1) is 8.87. The molecule has 70 valence electrons. The molecular formula is C11H19Cl. The van der Waals surface area contributed by atoms with Crippen LogP contribution in [0.5, 0.6) is 0 Å². The largest absolute Gasteiger partial charge is 0.123 e. The topological polar surface area (TPSA) is 0 Å².